The molecule has 11 nitrogen and oxygen atoms in total. The first-order valence-corrected chi connectivity index (χ1v) is 12.4. The first-order chi connectivity index (χ1) is 21.3. The number of ether oxygens (including phenoxy) is 3. The van der Waals surface area contributed by atoms with Crippen molar-refractivity contribution in [1.82, 2.24) is 19.2 Å². The molecule has 3 heterocycles. The standard InChI is InChI=1S/C28H32N6O5/c1-5-39-28(36)22-16-29-34-25(32(2)17-18-8-10-20(37-3)11-9-18)15-24(31-26(22)34)30-23-7-6-12-33(27(23)35)19-13-21(14-19)38-4/h6-12,15-16,19,21H,5,13-14,17H2,1-4H3,(H,30,31)/i2D3,4D3. The molecule has 0 radical (unpaired) electrons. The number of benzene rings is 1. The van der Waals surface area contributed by atoms with Crippen molar-refractivity contribution in [2.45, 2.75) is 38.5 Å². The van der Waals surface area contributed by atoms with Crippen LogP contribution in [0.15, 0.2) is 59.7 Å². The zero-order valence-corrected chi connectivity index (χ0v) is 21.5. The molecule has 0 atom stereocenters. The van der Waals surface area contributed by atoms with E-state index in [4.69, 9.17) is 22.4 Å². The second-order valence-corrected chi connectivity index (χ2v) is 9.07. The SMILES string of the molecule is [2H]C([2H])([2H])OC1CC(n2cccc(Nc3cc(N(Cc4ccc(OC)cc4)C([2H])([2H])[2H])n4ncc(C(=O)OCC)c4n3)c2=O)C1. The summed E-state index contributed by atoms with van der Waals surface area (Å²) < 4.78 is 65.1. The smallest absolute Gasteiger partial charge is 0.343 e. The number of hydrogen-bond acceptors (Lipinski definition) is 9. The van der Waals surface area contributed by atoms with Crippen LogP contribution in [-0.2, 0) is 16.0 Å². The number of fused-ring (bicyclic) bond motifs is 1. The van der Waals surface area contributed by atoms with Crippen LogP contribution in [0.5, 0.6) is 5.75 Å². The fourth-order valence-corrected chi connectivity index (χ4v) is 4.44. The molecule has 1 aliphatic carbocycles. The fraction of sp³-hybridized carbons (Fsp3) is 0.357. The summed E-state index contributed by atoms with van der Waals surface area (Å²) in [6, 6.07) is 11.3. The molecule has 1 aliphatic rings. The number of methoxy groups -OCH3 is 2. The van der Waals surface area contributed by atoms with Crippen molar-refractivity contribution < 1.29 is 27.2 Å². The van der Waals surface area contributed by atoms with Crippen molar-refractivity contribution in [1.29, 1.82) is 0 Å². The number of carbonyl (C=O) groups excluding carboxylic acids is 1. The van der Waals surface area contributed by atoms with Gasteiger partial charge in [-0.15, -0.1) is 0 Å². The normalized spacial score (nSPS) is 19.4. The molecule has 0 spiro atoms. The number of nitrogens with zero attached hydrogens (tertiary/aromatic N) is 5. The summed E-state index contributed by atoms with van der Waals surface area (Å²) in [5.41, 5.74) is 0.432. The lowest BCUT2D eigenvalue weighted by atomic mass is 9.89. The third-order valence-electron chi connectivity index (χ3n) is 6.59. The van der Waals surface area contributed by atoms with Crippen LogP contribution in [0.3, 0.4) is 0 Å². The van der Waals surface area contributed by atoms with Gasteiger partial charge in [-0.1, -0.05) is 12.1 Å². The van der Waals surface area contributed by atoms with Gasteiger partial charge in [0.1, 0.15) is 28.6 Å². The Morgan fingerprint density at radius 1 is 1.26 bits per heavy atom. The summed E-state index contributed by atoms with van der Waals surface area (Å²) >= 11 is 0. The second-order valence-electron chi connectivity index (χ2n) is 9.07. The summed E-state index contributed by atoms with van der Waals surface area (Å²) in [6.07, 6.45) is 3.08. The van der Waals surface area contributed by atoms with Crippen LogP contribution in [-0.4, -0.2) is 59.0 Å². The highest BCUT2D eigenvalue weighted by Gasteiger charge is 2.31. The van der Waals surface area contributed by atoms with E-state index in [1.807, 2.05) is 0 Å². The largest absolute Gasteiger partial charge is 0.497 e. The Hall–Kier alpha value is -4.38. The van der Waals surface area contributed by atoms with Gasteiger partial charge in [0.2, 0.25) is 0 Å². The van der Waals surface area contributed by atoms with E-state index in [1.165, 1.54) is 28.5 Å². The Morgan fingerprint density at radius 3 is 2.79 bits per heavy atom. The van der Waals surface area contributed by atoms with Gasteiger partial charge in [0, 0.05) is 43.0 Å². The van der Waals surface area contributed by atoms with Crippen LogP contribution in [0.1, 0.15) is 50.0 Å². The van der Waals surface area contributed by atoms with Gasteiger partial charge in [-0.05, 0) is 49.6 Å². The van der Waals surface area contributed by atoms with Crippen LogP contribution >= 0.6 is 0 Å². The minimum atomic E-state index is -2.65. The van der Waals surface area contributed by atoms with Crippen molar-refractivity contribution in [3.63, 3.8) is 0 Å². The van der Waals surface area contributed by atoms with Crippen molar-refractivity contribution in [3.05, 3.63) is 76.3 Å². The van der Waals surface area contributed by atoms with Gasteiger partial charge >= 0.3 is 5.97 Å². The highest BCUT2D eigenvalue weighted by Crippen LogP contribution is 2.33. The van der Waals surface area contributed by atoms with Crippen molar-refractivity contribution in [2.24, 2.45) is 0 Å². The number of aromatic nitrogens is 4. The zero-order chi connectivity index (χ0) is 32.5. The number of nitrogens with one attached hydrogen (secondary N) is 1. The molecule has 1 fully saturated rings. The average Bonchev–Trinajstić information content (AvgIpc) is 3.38. The molecule has 0 amide bonds. The lowest BCUT2D eigenvalue weighted by molar-refractivity contribution is 0.00522. The molecule has 39 heavy (non-hydrogen) atoms. The number of carbonyl (C=O) groups is 1. The summed E-state index contributed by atoms with van der Waals surface area (Å²) in [5.74, 6) is 0.0757. The van der Waals surface area contributed by atoms with E-state index in [0.29, 0.717) is 24.2 Å². The number of hydrogen-bond donors (Lipinski definition) is 1. The minimum Gasteiger partial charge on any atom is -0.497 e. The Morgan fingerprint density at radius 2 is 2.08 bits per heavy atom. The molecular formula is C28H32N6O5. The van der Waals surface area contributed by atoms with E-state index in [1.54, 1.807) is 49.5 Å². The van der Waals surface area contributed by atoms with E-state index in [0.717, 1.165) is 4.90 Å². The van der Waals surface area contributed by atoms with Gasteiger partial charge in [0.15, 0.2) is 5.65 Å². The molecule has 0 saturated heterocycles. The molecule has 1 N–H and O–H groups in total. The fourth-order valence-electron chi connectivity index (χ4n) is 4.44. The summed E-state index contributed by atoms with van der Waals surface area (Å²) in [6.45, 7) is -0.963. The van der Waals surface area contributed by atoms with Crippen LogP contribution in [0, 0.1) is 0 Å². The van der Waals surface area contributed by atoms with E-state index in [9.17, 15) is 9.59 Å². The third-order valence-corrected chi connectivity index (χ3v) is 6.59. The third kappa shape index (κ3) is 5.30. The lowest BCUT2D eigenvalue weighted by Crippen LogP contribution is -2.37. The van der Waals surface area contributed by atoms with Crippen molar-refractivity contribution >= 4 is 28.9 Å². The van der Waals surface area contributed by atoms with E-state index < -0.39 is 31.6 Å². The summed E-state index contributed by atoms with van der Waals surface area (Å²) in [4.78, 5) is 31.9. The molecule has 204 valence electrons. The number of pyridine rings is 1. The predicted molar refractivity (Wildman–Crippen MR) is 147 cm³/mol. The number of esters is 1. The highest BCUT2D eigenvalue weighted by molar-refractivity contribution is 5.96. The van der Waals surface area contributed by atoms with Crippen molar-refractivity contribution in [3.8, 4) is 5.75 Å². The van der Waals surface area contributed by atoms with Crippen LogP contribution < -0.4 is 20.5 Å². The quantitative estimate of drug-likeness (QED) is 0.301. The first-order valence-electron chi connectivity index (χ1n) is 15.4. The zero-order valence-electron chi connectivity index (χ0n) is 27.5. The van der Waals surface area contributed by atoms with E-state index in [2.05, 4.69) is 15.4 Å². The molecule has 0 unspecified atom stereocenters. The van der Waals surface area contributed by atoms with Gasteiger partial charge in [-0.2, -0.15) is 9.61 Å². The van der Waals surface area contributed by atoms with E-state index in [-0.39, 0.29) is 47.7 Å². The van der Waals surface area contributed by atoms with E-state index >= 15 is 0 Å². The molecule has 1 saturated carbocycles. The average molecular weight is 539 g/mol. The first kappa shape index (κ1) is 19.7. The molecule has 3 aromatic heterocycles. The monoisotopic (exact) mass is 538 g/mol. The predicted octanol–water partition coefficient (Wildman–Crippen LogP) is 3.81. The van der Waals surface area contributed by atoms with Crippen molar-refractivity contribution in [2.75, 3.05) is 37.9 Å². The van der Waals surface area contributed by atoms with Crippen LogP contribution in [0.25, 0.3) is 5.65 Å². The van der Waals surface area contributed by atoms with Gasteiger partial charge in [-0.25, -0.2) is 9.78 Å². The second kappa shape index (κ2) is 11.2. The molecule has 1 aromatic carbocycles. The summed E-state index contributed by atoms with van der Waals surface area (Å²) in [7, 11) is -0.984. The Balaban J connectivity index is 1.54. The topological polar surface area (TPSA) is 112 Å². The summed E-state index contributed by atoms with van der Waals surface area (Å²) in [5, 5.41) is 7.26. The Bertz CT molecular complexity index is 1730. The van der Waals surface area contributed by atoms with Gasteiger partial charge in [-0.3, -0.25) is 4.79 Å². The maximum absolute atomic E-state index is 13.5. The maximum Gasteiger partial charge on any atom is 0.343 e. The van der Waals surface area contributed by atoms with Gasteiger partial charge < -0.3 is 29.0 Å². The molecule has 4 aromatic rings. The Labute approximate surface area is 234 Å². The van der Waals surface area contributed by atoms with Gasteiger partial charge in [0.05, 0.1) is 30.1 Å². The lowest BCUT2D eigenvalue weighted by Gasteiger charge is -2.35. The highest BCUT2D eigenvalue weighted by atomic mass is 16.5. The maximum atomic E-state index is 13.5. The minimum absolute atomic E-state index is 0.0110. The van der Waals surface area contributed by atoms with Gasteiger partial charge in [0.25, 0.3) is 5.56 Å². The number of rotatable bonds is 10. The Kier molecular flexibility index (Phi) is 5.62. The van der Waals surface area contributed by atoms with Crippen LogP contribution in [0.4, 0.5) is 17.3 Å². The van der Waals surface area contributed by atoms with Crippen LogP contribution in [0.2, 0.25) is 0 Å². The molecule has 5 rings (SSSR count). The molecule has 0 aliphatic heterocycles. The number of anilines is 3. The molecular weight excluding hydrogens is 500 g/mol. The molecule has 0 bridgehead atoms. The molecule has 11 heteroatoms.